The molecule has 218 valence electrons. The summed E-state index contributed by atoms with van der Waals surface area (Å²) in [5, 5.41) is 14.1. The summed E-state index contributed by atoms with van der Waals surface area (Å²) in [5.74, 6) is 0.586. The fourth-order valence-corrected chi connectivity index (χ4v) is 11.3. The topological polar surface area (TPSA) is 86.7 Å². The molecule has 0 bridgehead atoms. The Labute approximate surface area is 235 Å². The predicted octanol–water partition coefficient (Wildman–Crippen LogP) is 6.32. The largest absolute Gasteiger partial charge is 0.353 e. The first-order valence-electron chi connectivity index (χ1n) is 15.4. The first-order chi connectivity index (χ1) is 17.9. The van der Waals surface area contributed by atoms with Gasteiger partial charge in [0.25, 0.3) is 5.91 Å². The maximum atomic E-state index is 14.5. The number of rotatable bonds is 2. The Bertz CT molecular complexity index is 1130. The number of hydroxylamine groups is 2. The van der Waals surface area contributed by atoms with Crippen molar-refractivity contribution in [3.8, 4) is 0 Å². The standard InChI is InChI=1S/C33H52N2O4/c1-20(36)34-25-11-12-31(6)24(28(25,2)3)10-13-33(8)26(31)23(37)18-21-22-19-30(5,27(38)35(9)39)15-14-29(22,4)16-17-32(21,33)7/h18,22,24-26,39H,10-17,19H2,1-9H3,(H,34,36)/t22-,24?,25+,26+,29+,30-,31-,32+,33+/m0/s1. The van der Waals surface area contributed by atoms with Gasteiger partial charge in [-0.05, 0) is 103 Å². The van der Waals surface area contributed by atoms with Gasteiger partial charge in [0.1, 0.15) is 0 Å². The quantitative estimate of drug-likeness (QED) is 0.317. The Morgan fingerprint density at radius 2 is 1.59 bits per heavy atom. The number of nitrogens with one attached hydrogen (secondary N) is 1. The number of hydrogen-bond acceptors (Lipinski definition) is 4. The van der Waals surface area contributed by atoms with Crippen molar-refractivity contribution in [1.29, 1.82) is 0 Å². The predicted molar refractivity (Wildman–Crippen MR) is 152 cm³/mol. The van der Waals surface area contributed by atoms with E-state index in [1.165, 1.54) is 12.6 Å². The lowest BCUT2D eigenvalue weighted by Gasteiger charge is -2.70. The molecule has 0 saturated heterocycles. The smallest absolute Gasteiger partial charge is 0.251 e. The number of amides is 2. The normalized spacial score (nSPS) is 48.5. The number of ketones is 1. The van der Waals surface area contributed by atoms with Gasteiger partial charge in [0.15, 0.2) is 5.78 Å². The van der Waals surface area contributed by atoms with Gasteiger partial charge >= 0.3 is 0 Å². The van der Waals surface area contributed by atoms with E-state index in [1.54, 1.807) is 6.92 Å². The monoisotopic (exact) mass is 540 g/mol. The molecular weight excluding hydrogens is 488 g/mol. The second-order valence-corrected chi connectivity index (χ2v) is 16.2. The molecule has 5 rings (SSSR count). The molecule has 2 amide bonds. The van der Waals surface area contributed by atoms with Crippen LogP contribution in [-0.4, -0.2) is 41.0 Å². The molecule has 0 heterocycles. The van der Waals surface area contributed by atoms with E-state index >= 15 is 0 Å². The Morgan fingerprint density at radius 3 is 2.21 bits per heavy atom. The summed E-state index contributed by atoms with van der Waals surface area (Å²) >= 11 is 0. The van der Waals surface area contributed by atoms with E-state index in [4.69, 9.17) is 0 Å². The highest BCUT2D eigenvalue weighted by atomic mass is 16.5. The van der Waals surface area contributed by atoms with Crippen molar-refractivity contribution in [1.82, 2.24) is 10.4 Å². The third-order valence-corrected chi connectivity index (χ3v) is 13.8. The van der Waals surface area contributed by atoms with Gasteiger partial charge in [0.05, 0.1) is 0 Å². The van der Waals surface area contributed by atoms with E-state index in [-0.39, 0.29) is 62.6 Å². The molecule has 5 aliphatic carbocycles. The van der Waals surface area contributed by atoms with E-state index in [0.29, 0.717) is 12.3 Å². The summed E-state index contributed by atoms with van der Waals surface area (Å²) in [5.41, 5.74) is 0.278. The maximum Gasteiger partial charge on any atom is 0.251 e. The molecule has 5 aliphatic rings. The van der Waals surface area contributed by atoms with Gasteiger partial charge in [0.2, 0.25) is 5.91 Å². The van der Waals surface area contributed by atoms with Crippen LogP contribution in [0.2, 0.25) is 0 Å². The fraction of sp³-hybridized carbons (Fsp3) is 0.848. The molecule has 0 spiro atoms. The minimum Gasteiger partial charge on any atom is -0.353 e. The average molecular weight is 541 g/mol. The zero-order chi connectivity index (χ0) is 29.0. The summed E-state index contributed by atoms with van der Waals surface area (Å²) in [7, 11) is 1.43. The van der Waals surface area contributed by atoms with E-state index in [0.717, 1.165) is 56.4 Å². The second kappa shape index (κ2) is 8.66. The lowest BCUT2D eigenvalue weighted by Crippen LogP contribution is -2.67. The van der Waals surface area contributed by atoms with Crippen LogP contribution in [0.25, 0.3) is 0 Å². The van der Waals surface area contributed by atoms with Crippen molar-refractivity contribution in [3.05, 3.63) is 11.6 Å². The number of carbonyl (C=O) groups is 3. The molecule has 0 aromatic heterocycles. The molecule has 0 radical (unpaired) electrons. The van der Waals surface area contributed by atoms with E-state index in [2.05, 4.69) is 46.9 Å². The minimum atomic E-state index is -0.622. The lowest BCUT2D eigenvalue weighted by atomic mass is 9.33. The number of allylic oxidation sites excluding steroid dienone is 2. The first kappa shape index (κ1) is 28.8. The zero-order valence-corrected chi connectivity index (χ0v) is 25.9. The van der Waals surface area contributed by atoms with Crippen LogP contribution in [0.4, 0.5) is 0 Å². The van der Waals surface area contributed by atoms with Crippen molar-refractivity contribution in [2.45, 2.75) is 119 Å². The SMILES string of the molecule is CC(=O)N[C@@H]1CC[C@@]2(C)C(CC[C@]3(C)[C@@H]2C(=O)C=C2[C@@H]4C[C@@](C)(C(=O)N(C)O)CC[C@]4(C)CC[C@]23C)C1(C)C. The molecule has 0 aromatic carbocycles. The molecule has 1 unspecified atom stereocenters. The minimum absolute atomic E-state index is 0.0294. The second-order valence-electron chi connectivity index (χ2n) is 16.2. The highest BCUT2D eigenvalue weighted by Crippen LogP contribution is 2.75. The number of nitrogens with zero attached hydrogens (tertiary/aromatic N) is 1. The van der Waals surface area contributed by atoms with Gasteiger partial charge in [-0.2, -0.15) is 0 Å². The van der Waals surface area contributed by atoms with Crippen LogP contribution >= 0.6 is 0 Å². The van der Waals surface area contributed by atoms with Crippen LogP contribution in [0, 0.1) is 50.2 Å². The van der Waals surface area contributed by atoms with Gasteiger partial charge in [-0.15, -0.1) is 0 Å². The molecule has 6 heteroatoms. The molecular formula is C33H52N2O4. The number of hydrogen-bond donors (Lipinski definition) is 2. The molecule has 2 N–H and O–H groups in total. The zero-order valence-electron chi connectivity index (χ0n) is 25.9. The summed E-state index contributed by atoms with van der Waals surface area (Å²) in [6.07, 6.45) is 10.6. The Kier molecular flexibility index (Phi) is 6.40. The third kappa shape index (κ3) is 3.78. The van der Waals surface area contributed by atoms with Crippen molar-refractivity contribution >= 4 is 17.6 Å². The maximum absolute atomic E-state index is 14.5. The summed E-state index contributed by atoms with van der Waals surface area (Å²) < 4.78 is 0. The highest BCUT2D eigenvalue weighted by Gasteiger charge is 2.70. The molecule has 9 atom stereocenters. The Balaban J connectivity index is 1.57. The Morgan fingerprint density at radius 1 is 0.949 bits per heavy atom. The Hall–Kier alpha value is -1.69. The van der Waals surface area contributed by atoms with Crippen LogP contribution in [0.15, 0.2) is 11.6 Å². The molecule has 0 aromatic rings. The van der Waals surface area contributed by atoms with Gasteiger partial charge < -0.3 is 5.32 Å². The number of carbonyl (C=O) groups excluding carboxylic acids is 3. The third-order valence-electron chi connectivity index (χ3n) is 13.8. The van der Waals surface area contributed by atoms with Gasteiger partial charge in [0, 0.05) is 31.3 Å². The molecule has 4 fully saturated rings. The molecule has 4 saturated carbocycles. The van der Waals surface area contributed by atoms with E-state index < -0.39 is 5.41 Å². The number of fused-ring (bicyclic) bond motifs is 7. The molecule has 39 heavy (non-hydrogen) atoms. The summed E-state index contributed by atoms with van der Waals surface area (Å²) in [6.45, 7) is 17.8. The van der Waals surface area contributed by atoms with Crippen LogP contribution < -0.4 is 5.32 Å². The van der Waals surface area contributed by atoms with Crippen LogP contribution in [-0.2, 0) is 14.4 Å². The van der Waals surface area contributed by atoms with Crippen molar-refractivity contribution < 1.29 is 19.6 Å². The van der Waals surface area contributed by atoms with E-state index in [9.17, 15) is 19.6 Å². The first-order valence-corrected chi connectivity index (χ1v) is 15.4. The van der Waals surface area contributed by atoms with Gasteiger partial charge in [-0.3, -0.25) is 19.6 Å². The van der Waals surface area contributed by atoms with E-state index in [1.807, 2.05) is 13.0 Å². The average Bonchev–Trinajstić information content (AvgIpc) is 2.82. The van der Waals surface area contributed by atoms with Crippen LogP contribution in [0.1, 0.15) is 113 Å². The fourth-order valence-electron chi connectivity index (χ4n) is 11.3. The highest BCUT2D eigenvalue weighted by molar-refractivity contribution is 5.95. The molecule has 6 nitrogen and oxygen atoms in total. The van der Waals surface area contributed by atoms with Gasteiger partial charge in [-0.25, -0.2) is 5.06 Å². The summed E-state index contributed by atoms with van der Waals surface area (Å²) in [6, 6.07) is 0.135. The lowest BCUT2D eigenvalue weighted by molar-refractivity contribution is -0.191. The van der Waals surface area contributed by atoms with Gasteiger partial charge in [-0.1, -0.05) is 54.0 Å². The van der Waals surface area contributed by atoms with Crippen molar-refractivity contribution in [3.63, 3.8) is 0 Å². The van der Waals surface area contributed by atoms with Crippen molar-refractivity contribution in [2.24, 2.45) is 50.2 Å². The van der Waals surface area contributed by atoms with Crippen LogP contribution in [0.5, 0.6) is 0 Å². The summed E-state index contributed by atoms with van der Waals surface area (Å²) in [4.78, 5) is 39.6. The molecule has 0 aliphatic heterocycles. The van der Waals surface area contributed by atoms with Crippen LogP contribution in [0.3, 0.4) is 0 Å². The van der Waals surface area contributed by atoms with Crippen molar-refractivity contribution in [2.75, 3.05) is 7.05 Å².